The van der Waals surface area contributed by atoms with E-state index in [0.717, 1.165) is 68.0 Å². The fourth-order valence-electron chi connectivity index (χ4n) is 5.19. The Kier molecular flexibility index (Phi) is 5.24. The van der Waals surface area contributed by atoms with Gasteiger partial charge in [-0.15, -0.1) is 11.6 Å². The molecule has 4 heterocycles. The zero-order chi connectivity index (χ0) is 21.6. The highest BCUT2D eigenvalue weighted by molar-refractivity contribution is 6.20. The number of piperidine rings is 1. The number of pyridine rings is 1. The molecule has 0 bridgehead atoms. The number of hydrogen-bond donors (Lipinski definition) is 1. The third kappa shape index (κ3) is 3.63. The number of aliphatic imine (C=N–C) groups is 2. The number of ether oxygens (including phenoxy) is 1. The quantitative estimate of drug-likeness (QED) is 0.442. The van der Waals surface area contributed by atoms with Crippen molar-refractivity contribution in [1.82, 2.24) is 10.3 Å². The topological polar surface area (TPSA) is 79.2 Å². The fourth-order valence-corrected chi connectivity index (χ4v) is 5.50. The minimum Gasteiger partial charge on any atom is -0.450 e. The second-order valence-corrected chi connectivity index (χ2v) is 9.46. The Morgan fingerprint density at radius 3 is 2.84 bits per heavy atom. The summed E-state index contributed by atoms with van der Waals surface area (Å²) in [6.45, 7) is 5.34. The van der Waals surface area contributed by atoms with Crippen molar-refractivity contribution < 1.29 is 9.53 Å². The molecule has 1 aliphatic carbocycles. The van der Waals surface area contributed by atoms with Gasteiger partial charge >= 0.3 is 5.97 Å². The first-order valence-corrected chi connectivity index (χ1v) is 11.6. The van der Waals surface area contributed by atoms with Gasteiger partial charge in [0.2, 0.25) is 0 Å². The van der Waals surface area contributed by atoms with E-state index < -0.39 is 5.60 Å². The van der Waals surface area contributed by atoms with Gasteiger partial charge in [-0.25, -0.2) is 9.78 Å². The highest BCUT2D eigenvalue weighted by Gasteiger charge is 2.47. The van der Waals surface area contributed by atoms with E-state index in [1.807, 2.05) is 20.0 Å². The van der Waals surface area contributed by atoms with Gasteiger partial charge in [-0.2, -0.15) is 0 Å². The average molecular weight is 442 g/mol. The van der Waals surface area contributed by atoms with Gasteiger partial charge in [0.1, 0.15) is 17.3 Å². The highest BCUT2D eigenvalue weighted by atomic mass is 35.5. The minimum absolute atomic E-state index is 0.244. The molecule has 0 aromatic carbocycles. The van der Waals surface area contributed by atoms with Gasteiger partial charge in [-0.3, -0.25) is 9.98 Å². The smallest absolute Gasteiger partial charge is 0.357 e. The van der Waals surface area contributed by atoms with E-state index in [0.29, 0.717) is 17.8 Å². The fraction of sp³-hybridized carbons (Fsp3) is 0.565. The Morgan fingerprint density at radius 1 is 1.32 bits per heavy atom. The van der Waals surface area contributed by atoms with Crippen LogP contribution in [-0.4, -0.2) is 59.2 Å². The molecule has 0 radical (unpaired) electrons. The van der Waals surface area contributed by atoms with E-state index >= 15 is 0 Å². The number of anilines is 1. The van der Waals surface area contributed by atoms with Crippen LogP contribution in [0, 0.1) is 0 Å². The molecule has 1 spiro atoms. The van der Waals surface area contributed by atoms with Crippen molar-refractivity contribution in [3.8, 4) is 0 Å². The maximum absolute atomic E-state index is 12.2. The molecule has 5 rings (SSSR count). The largest absolute Gasteiger partial charge is 0.450 e. The first-order valence-electron chi connectivity index (χ1n) is 11.1. The Hall–Kier alpha value is -2.41. The lowest BCUT2D eigenvalue weighted by Gasteiger charge is -2.39. The molecule has 0 amide bonds. The molecule has 1 saturated heterocycles. The van der Waals surface area contributed by atoms with E-state index in [-0.39, 0.29) is 11.3 Å². The molecule has 1 aromatic heterocycles. The molecule has 164 valence electrons. The minimum atomic E-state index is -0.519. The number of rotatable bonds is 3. The maximum Gasteiger partial charge on any atom is 0.357 e. The molecular weight excluding hydrogens is 414 g/mol. The summed E-state index contributed by atoms with van der Waals surface area (Å²) in [4.78, 5) is 28.3. The molecule has 8 heteroatoms. The number of nitrogens with zero attached hydrogens (tertiary/aromatic N) is 4. The van der Waals surface area contributed by atoms with E-state index in [2.05, 4.69) is 27.3 Å². The normalized spacial score (nSPS) is 29.9. The summed E-state index contributed by atoms with van der Waals surface area (Å²) >= 11 is 6.32. The Balaban J connectivity index is 1.25. The number of amidine groups is 1. The standard InChI is InChI=1S/C23H28ClN5O2/c1-3-25-20-14(2)23(31-22(20)30)8-10-29(11-9-23)19-7-4-15(13-26-19)21-27-17-6-5-16(24)12-18(17)28-21/h3-4,7,13,16-18H,5-6,8-12H2,1-2H3,(H,27,28). The number of aromatic nitrogens is 1. The van der Waals surface area contributed by atoms with Crippen LogP contribution in [0.2, 0.25) is 0 Å². The van der Waals surface area contributed by atoms with E-state index in [4.69, 9.17) is 26.3 Å². The van der Waals surface area contributed by atoms with Crippen LogP contribution >= 0.6 is 11.6 Å². The maximum atomic E-state index is 12.2. The third-order valence-electron chi connectivity index (χ3n) is 7.06. The number of esters is 1. The van der Waals surface area contributed by atoms with Crippen LogP contribution in [0.25, 0.3) is 0 Å². The number of carbonyl (C=O) groups excluding carboxylic acids is 1. The van der Waals surface area contributed by atoms with Gasteiger partial charge < -0.3 is 15.0 Å². The number of alkyl halides is 1. The zero-order valence-electron chi connectivity index (χ0n) is 18.0. The molecule has 31 heavy (non-hydrogen) atoms. The van der Waals surface area contributed by atoms with Crippen molar-refractivity contribution in [2.45, 2.75) is 69.0 Å². The van der Waals surface area contributed by atoms with Gasteiger partial charge in [-0.05, 0) is 45.2 Å². The Labute approximate surface area is 187 Å². The van der Waals surface area contributed by atoms with Crippen molar-refractivity contribution in [3.05, 3.63) is 35.2 Å². The van der Waals surface area contributed by atoms with Crippen LogP contribution in [0.5, 0.6) is 0 Å². The molecule has 3 aliphatic heterocycles. The highest BCUT2D eigenvalue weighted by Crippen LogP contribution is 2.41. The molecular formula is C23H28ClN5O2. The first kappa shape index (κ1) is 20.5. The molecule has 3 unspecified atom stereocenters. The molecule has 1 N–H and O–H groups in total. The van der Waals surface area contributed by atoms with Gasteiger partial charge in [0.15, 0.2) is 5.70 Å². The van der Waals surface area contributed by atoms with Crippen molar-refractivity contribution in [1.29, 1.82) is 0 Å². The zero-order valence-corrected chi connectivity index (χ0v) is 18.7. The molecule has 1 saturated carbocycles. The summed E-state index contributed by atoms with van der Waals surface area (Å²) in [7, 11) is 0. The van der Waals surface area contributed by atoms with Crippen LogP contribution in [0.4, 0.5) is 5.82 Å². The van der Waals surface area contributed by atoms with Gasteiger partial charge in [0.05, 0.1) is 12.1 Å². The van der Waals surface area contributed by atoms with Crippen LogP contribution in [0.15, 0.2) is 39.6 Å². The van der Waals surface area contributed by atoms with Crippen LogP contribution < -0.4 is 10.2 Å². The summed E-state index contributed by atoms with van der Waals surface area (Å²) in [5, 5.41) is 3.79. The number of halogens is 1. The van der Waals surface area contributed by atoms with Crippen molar-refractivity contribution in [2.24, 2.45) is 9.98 Å². The summed E-state index contributed by atoms with van der Waals surface area (Å²) in [6.07, 6.45) is 8.07. The summed E-state index contributed by atoms with van der Waals surface area (Å²) in [5.41, 5.74) is 1.91. The lowest BCUT2D eigenvalue weighted by molar-refractivity contribution is -0.148. The number of carbonyl (C=O) groups is 1. The summed E-state index contributed by atoms with van der Waals surface area (Å²) in [6, 6.07) is 4.81. The summed E-state index contributed by atoms with van der Waals surface area (Å²) < 4.78 is 5.78. The number of hydrogen-bond acceptors (Lipinski definition) is 7. The van der Waals surface area contributed by atoms with Crippen LogP contribution in [-0.2, 0) is 9.53 Å². The number of nitrogens with one attached hydrogen (secondary N) is 1. The lowest BCUT2D eigenvalue weighted by atomic mass is 9.85. The number of fused-ring (bicyclic) bond motifs is 1. The summed E-state index contributed by atoms with van der Waals surface area (Å²) in [5.74, 6) is 1.56. The lowest BCUT2D eigenvalue weighted by Crippen LogP contribution is -2.46. The van der Waals surface area contributed by atoms with Gasteiger partial charge in [0, 0.05) is 54.9 Å². The van der Waals surface area contributed by atoms with E-state index in [1.165, 1.54) is 0 Å². The molecule has 2 fully saturated rings. The van der Waals surface area contributed by atoms with E-state index in [1.54, 1.807) is 6.21 Å². The molecule has 3 atom stereocenters. The Bertz CT molecular complexity index is 963. The predicted molar refractivity (Wildman–Crippen MR) is 122 cm³/mol. The van der Waals surface area contributed by atoms with Crippen molar-refractivity contribution in [2.75, 3.05) is 18.0 Å². The van der Waals surface area contributed by atoms with Gasteiger partial charge in [-0.1, -0.05) is 0 Å². The second-order valence-electron chi connectivity index (χ2n) is 8.84. The monoisotopic (exact) mass is 441 g/mol. The Morgan fingerprint density at radius 2 is 2.13 bits per heavy atom. The molecule has 7 nitrogen and oxygen atoms in total. The van der Waals surface area contributed by atoms with Crippen molar-refractivity contribution >= 4 is 35.4 Å². The van der Waals surface area contributed by atoms with Gasteiger partial charge in [0.25, 0.3) is 0 Å². The van der Waals surface area contributed by atoms with Crippen LogP contribution in [0.3, 0.4) is 0 Å². The molecule has 4 aliphatic rings. The van der Waals surface area contributed by atoms with Crippen molar-refractivity contribution in [3.63, 3.8) is 0 Å². The predicted octanol–water partition coefficient (Wildman–Crippen LogP) is 3.22. The SMILES string of the molecule is CC=NC1=C(C)C2(CCN(c3ccc(C4=NC5CCC(Cl)CC5N4)cn3)CC2)OC1=O. The second kappa shape index (κ2) is 7.93. The first-order chi connectivity index (χ1) is 15.0. The van der Waals surface area contributed by atoms with E-state index in [9.17, 15) is 4.79 Å². The third-order valence-corrected chi connectivity index (χ3v) is 7.46. The molecule has 1 aromatic rings. The average Bonchev–Trinajstić information content (AvgIpc) is 3.29. The van der Waals surface area contributed by atoms with Crippen LogP contribution in [0.1, 0.15) is 51.5 Å².